The number of rotatable bonds is 9. The molecule has 1 saturated carbocycles. The number of ether oxygens (including phenoxy) is 1. The van der Waals surface area contributed by atoms with Crippen LogP contribution >= 0.6 is 11.6 Å². The van der Waals surface area contributed by atoms with Crippen LogP contribution < -0.4 is 15.8 Å². The Bertz CT molecular complexity index is 957. The first-order valence-corrected chi connectivity index (χ1v) is 10.8. The SMILES string of the molecule is COc1cccc(C(=O)Nc2ccc(Cl)c(CN(CC(C)(C)CN)C(=O)C3CC3)c2)c1. The van der Waals surface area contributed by atoms with Crippen molar-refractivity contribution in [3.63, 3.8) is 0 Å². The number of hydrogen-bond acceptors (Lipinski definition) is 4. The van der Waals surface area contributed by atoms with Crippen LogP contribution in [-0.2, 0) is 11.3 Å². The Balaban J connectivity index is 1.78. The molecule has 3 rings (SSSR count). The third-order valence-corrected chi connectivity index (χ3v) is 5.78. The van der Waals surface area contributed by atoms with Gasteiger partial charge < -0.3 is 20.7 Å². The van der Waals surface area contributed by atoms with Gasteiger partial charge in [0.1, 0.15) is 5.75 Å². The summed E-state index contributed by atoms with van der Waals surface area (Å²) in [4.78, 5) is 27.4. The molecular weight excluding hydrogens is 414 g/mol. The molecule has 1 aliphatic rings. The molecule has 0 saturated heterocycles. The molecule has 2 aromatic carbocycles. The summed E-state index contributed by atoms with van der Waals surface area (Å²) in [6, 6.07) is 12.3. The molecule has 0 atom stereocenters. The van der Waals surface area contributed by atoms with Crippen LogP contribution in [0.1, 0.15) is 42.6 Å². The smallest absolute Gasteiger partial charge is 0.255 e. The van der Waals surface area contributed by atoms with Gasteiger partial charge in [0, 0.05) is 35.3 Å². The molecule has 2 aromatic rings. The highest BCUT2D eigenvalue weighted by molar-refractivity contribution is 6.31. The average molecular weight is 444 g/mol. The van der Waals surface area contributed by atoms with Crippen molar-refractivity contribution < 1.29 is 14.3 Å². The number of anilines is 1. The Morgan fingerprint density at radius 2 is 1.97 bits per heavy atom. The van der Waals surface area contributed by atoms with E-state index in [4.69, 9.17) is 22.1 Å². The first-order chi connectivity index (χ1) is 14.7. The van der Waals surface area contributed by atoms with Gasteiger partial charge >= 0.3 is 0 Å². The summed E-state index contributed by atoms with van der Waals surface area (Å²) < 4.78 is 5.19. The van der Waals surface area contributed by atoms with E-state index in [0.29, 0.717) is 41.7 Å². The molecule has 31 heavy (non-hydrogen) atoms. The van der Waals surface area contributed by atoms with Gasteiger partial charge in [0.15, 0.2) is 0 Å². The van der Waals surface area contributed by atoms with Gasteiger partial charge in [0.05, 0.1) is 7.11 Å². The molecular formula is C24H30ClN3O3. The number of carbonyl (C=O) groups excluding carboxylic acids is 2. The second-order valence-electron chi connectivity index (χ2n) is 8.83. The normalized spacial score (nSPS) is 13.6. The Hall–Kier alpha value is -2.57. The van der Waals surface area contributed by atoms with Crippen LogP contribution in [0.15, 0.2) is 42.5 Å². The molecule has 2 amide bonds. The van der Waals surface area contributed by atoms with Crippen molar-refractivity contribution in [1.29, 1.82) is 0 Å². The van der Waals surface area contributed by atoms with Crippen LogP contribution in [0.4, 0.5) is 5.69 Å². The van der Waals surface area contributed by atoms with Gasteiger partial charge in [0.2, 0.25) is 5.91 Å². The average Bonchev–Trinajstić information content (AvgIpc) is 3.60. The minimum atomic E-state index is -0.248. The molecule has 1 aliphatic carbocycles. The number of carbonyl (C=O) groups is 2. The summed E-state index contributed by atoms with van der Waals surface area (Å²) in [5.74, 6) is 0.607. The standard InChI is InChI=1S/C24H30ClN3O3/c1-24(2,14-26)15-28(23(30)16-7-8-16)13-18-11-19(9-10-21(18)25)27-22(29)17-5-4-6-20(12-17)31-3/h4-6,9-12,16H,7-8,13-15,26H2,1-3H3,(H,27,29). The summed E-state index contributed by atoms with van der Waals surface area (Å²) in [5.41, 5.74) is 7.60. The number of nitrogens with zero attached hydrogens (tertiary/aromatic N) is 1. The zero-order valence-corrected chi connectivity index (χ0v) is 19.0. The number of hydrogen-bond donors (Lipinski definition) is 2. The Labute approximate surface area is 188 Å². The van der Waals surface area contributed by atoms with Crippen molar-refractivity contribution in [3.05, 3.63) is 58.6 Å². The highest BCUT2D eigenvalue weighted by Crippen LogP contribution is 2.33. The second kappa shape index (κ2) is 9.71. The Morgan fingerprint density at radius 3 is 2.61 bits per heavy atom. The monoisotopic (exact) mass is 443 g/mol. The van der Waals surface area contributed by atoms with Crippen LogP contribution in [-0.4, -0.2) is 36.9 Å². The quantitative estimate of drug-likeness (QED) is 0.604. The number of nitrogens with one attached hydrogen (secondary N) is 1. The molecule has 0 bridgehead atoms. The molecule has 1 fully saturated rings. The molecule has 0 aliphatic heterocycles. The largest absolute Gasteiger partial charge is 0.497 e. The van der Waals surface area contributed by atoms with E-state index in [1.54, 1.807) is 43.5 Å². The maximum Gasteiger partial charge on any atom is 0.255 e. The first-order valence-electron chi connectivity index (χ1n) is 10.4. The van der Waals surface area contributed by atoms with Crippen LogP contribution in [0.2, 0.25) is 5.02 Å². The molecule has 3 N–H and O–H groups in total. The van der Waals surface area contributed by atoms with E-state index in [1.807, 2.05) is 24.8 Å². The molecule has 6 nitrogen and oxygen atoms in total. The molecule has 0 spiro atoms. The van der Waals surface area contributed by atoms with E-state index in [9.17, 15) is 9.59 Å². The van der Waals surface area contributed by atoms with E-state index in [1.165, 1.54) is 0 Å². The summed E-state index contributed by atoms with van der Waals surface area (Å²) >= 11 is 6.45. The van der Waals surface area contributed by atoms with Crippen molar-refractivity contribution >= 4 is 29.1 Å². The maximum absolute atomic E-state index is 12.9. The number of nitrogens with two attached hydrogens (primary N) is 1. The van der Waals surface area contributed by atoms with E-state index < -0.39 is 0 Å². The summed E-state index contributed by atoms with van der Waals surface area (Å²) in [6.45, 7) is 5.50. The molecule has 166 valence electrons. The van der Waals surface area contributed by atoms with E-state index >= 15 is 0 Å². The predicted molar refractivity (Wildman–Crippen MR) is 123 cm³/mol. The highest BCUT2D eigenvalue weighted by Gasteiger charge is 2.35. The summed E-state index contributed by atoms with van der Waals surface area (Å²) in [5, 5.41) is 3.45. The van der Waals surface area contributed by atoms with Gasteiger partial charge in [-0.3, -0.25) is 9.59 Å². The van der Waals surface area contributed by atoms with Gasteiger partial charge in [-0.05, 0) is 66.8 Å². The van der Waals surface area contributed by atoms with Gasteiger partial charge in [-0.1, -0.05) is 31.5 Å². The Morgan fingerprint density at radius 1 is 1.23 bits per heavy atom. The minimum Gasteiger partial charge on any atom is -0.497 e. The van der Waals surface area contributed by atoms with Crippen LogP contribution in [0.5, 0.6) is 5.75 Å². The van der Waals surface area contributed by atoms with Crippen LogP contribution in [0.25, 0.3) is 0 Å². The van der Waals surface area contributed by atoms with E-state index in [-0.39, 0.29) is 23.1 Å². The lowest BCUT2D eigenvalue weighted by atomic mass is 9.92. The number of halogens is 1. The fraction of sp³-hybridized carbons (Fsp3) is 0.417. The van der Waals surface area contributed by atoms with Gasteiger partial charge in [-0.15, -0.1) is 0 Å². The zero-order chi connectivity index (χ0) is 22.6. The fourth-order valence-electron chi connectivity index (χ4n) is 3.33. The predicted octanol–water partition coefficient (Wildman–Crippen LogP) is 4.32. The molecule has 0 aromatic heterocycles. The fourth-order valence-corrected chi connectivity index (χ4v) is 3.51. The highest BCUT2D eigenvalue weighted by atomic mass is 35.5. The maximum atomic E-state index is 12.9. The van der Waals surface area contributed by atoms with Crippen LogP contribution in [0, 0.1) is 11.3 Å². The third-order valence-electron chi connectivity index (χ3n) is 5.41. The van der Waals surface area contributed by atoms with Crippen molar-refractivity contribution in [3.8, 4) is 5.75 Å². The second-order valence-corrected chi connectivity index (χ2v) is 9.24. The lowest BCUT2D eigenvalue weighted by Gasteiger charge is -2.32. The molecule has 0 radical (unpaired) electrons. The number of methoxy groups -OCH3 is 1. The Kier molecular flexibility index (Phi) is 7.23. The van der Waals surface area contributed by atoms with E-state index in [2.05, 4.69) is 5.32 Å². The third kappa shape index (κ3) is 6.21. The van der Waals surface area contributed by atoms with Gasteiger partial charge in [0.25, 0.3) is 5.91 Å². The molecule has 7 heteroatoms. The van der Waals surface area contributed by atoms with E-state index in [0.717, 1.165) is 18.4 Å². The van der Waals surface area contributed by atoms with Gasteiger partial charge in [-0.2, -0.15) is 0 Å². The number of amides is 2. The lowest BCUT2D eigenvalue weighted by Crippen LogP contribution is -2.42. The van der Waals surface area contributed by atoms with Crippen molar-refractivity contribution in [2.24, 2.45) is 17.1 Å². The summed E-state index contributed by atoms with van der Waals surface area (Å²) in [6.07, 6.45) is 1.87. The lowest BCUT2D eigenvalue weighted by molar-refractivity contribution is -0.134. The zero-order valence-electron chi connectivity index (χ0n) is 18.3. The van der Waals surface area contributed by atoms with Crippen molar-refractivity contribution in [1.82, 2.24) is 4.90 Å². The van der Waals surface area contributed by atoms with Crippen molar-refractivity contribution in [2.45, 2.75) is 33.2 Å². The molecule has 0 heterocycles. The van der Waals surface area contributed by atoms with Crippen LogP contribution in [0.3, 0.4) is 0 Å². The molecule has 0 unspecified atom stereocenters. The van der Waals surface area contributed by atoms with Gasteiger partial charge in [-0.25, -0.2) is 0 Å². The van der Waals surface area contributed by atoms with Crippen molar-refractivity contribution in [2.75, 3.05) is 25.5 Å². The summed E-state index contributed by atoms with van der Waals surface area (Å²) in [7, 11) is 1.56. The topological polar surface area (TPSA) is 84.7 Å². The number of benzene rings is 2. The minimum absolute atomic E-state index is 0.100. The first kappa shape index (κ1) is 23.1.